The van der Waals surface area contributed by atoms with Crippen molar-refractivity contribution in [2.45, 2.75) is 31.9 Å². The molecule has 5 heteroatoms. The van der Waals surface area contributed by atoms with Crippen LogP contribution in [0.5, 0.6) is 0 Å². The van der Waals surface area contributed by atoms with Crippen molar-refractivity contribution in [2.75, 3.05) is 13.1 Å². The third kappa shape index (κ3) is 3.05. The quantitative estimate of drug-likeness (QED) is 0.888. The zero-order valence-electron chi connectivity index (χ0n) is 11.5. The number of hydrogen-bond donors (Lipinski definition) is 2. The Morgan fingerprint density at radius 3 is 2.75 bits per heavy atom. The van der Waals surface area contributed by atoms with Crippen molar-refractivity contribution in [1.82, 2.24) is 20.1 Å². The highest BCUT2D eigenvalue weighted by Gasteiger charge is 2.23. The molecular formula is C15H20N4O. The van der Waals surface area contributed by atoms with Crippen LogP contribution in [0.25, 0.3) is 0 Å². The second-order valence-corrected chi connectivity index (χ2v) is 5.42. The van der Waals surface area contributed by atoms with E-state index in [0.717, 1.165) is 31.0 Å². The molecule has 1 aliphatic rings. The smallest absolute Gasteiger partial charge is 0.137 e. The maximum Gasteiger partial charge on any atom is 0.137 e. The number of H-pyrrole nitrogens is 1. The number of aliphatic hydroxyl groups is 1. The summed E-state index contributed by atoms with van der Waals surface area (Å²) in [4.78, 5) is 6.75. The van der Waals surface area contributed by atoms with Gasteiger partial charge in [0.2, 0.25) is 0 Å². The van der Waals surface area contributed by atoms with E-state index in [0.29, 0.717) is 5.92 Å². The van der Waals surface area contributed by atoms with Crippen LogP contribution in [-0.4, -0.2) is 38.3 Å². The molecule has 2 N–H and O–H groups in total. The van der Waals surface area contributed by atoms with Gasteiger partial charge in [0.25, 0.3) is 0 Å². The van der Waals surface area contributed by atoms with E-state index in [4.69, 9.17) is 5.11 Å². The van der Waals surface area contributed by atoms with Gasteiger partial charge in [0.05, 0.1) is 6.61 Å². The molecule has 2 heterocycles. The number of benzene rings is 1. The third-order valence-corrected chi connectivity index (χ3v) is 3.94. The second kappa shape index (κ2) is 6.15. The van der Waals surface area contributed by atoms with E-state index in [1.807, 2.05) is 12.1 Å². The highest BCUT2D eigenvalue weighted by molar-refractivity contribution is 5.22. The number of aromatic nitrogens is 3. The summed E-state index contributed by atoms with van der Waals surface area (Å²) in [6, 6.07) is 8.19. The summed E-state index contributed by atoms with van der Waals surface area (Å²) < 4.78 is 0. The number of aromatic amines is 1. The van der Waals surface area contributed by atoms with Gasteiger partial charge in [-0.05, 0) is 30.5 Å². The number of nitrogens with zero attached hydrogens (tertiary/aromatic N) is 3. The first-order chi connectivity index (χ1) is 9.85. The van der Waals surface area contributed by atoms with E-state index >= 15 is 0 Å². The van der Waals surface area contributed by atoms with Gasteiger partial charge < -0.3 is 5.11 Å². The molecule has 1 saturated heterocycles. The predicted octanol–water partition coefficient (Wildman–Crippen LogP) is 1.68. The maximum absolute atomic E-state index is 9.06. The SMILES string of the molecule is OCc1ccc(CN2CCCC(c3ncn[nH]3)C2)cc1. The minimum Gasteiger partial charge on any atom is -0.392 e. The van der Waals surface area contributed by atoms with Crippen molar-refractivity contribution >= 4 is 0 Å². The van der Waals surface area contributed by atoms with E-state index in [9.17, 15) is 0 Å². The normalized spacial score (nSPS) is 20.1. The summed E-state index contributed by atoms with van der Waals surface area (Å²) in [6.45, 7) is 3.22. The van der Waals surface area contributed by atoms with E-state index in [-0.39, 0.29) is 6.61 Å². The van der Waals surface area contributed by atoms with Crippen LogP contribution in [0.4, 0.5) is 0 Å². The van der Waals surface area contributed by atoms with Crippen LogP contribution < -0.4 is 0 Å². The number of rotatable bonds is 4. The molecule has 2 aromatic rings. The third-order valence-electron chi connectivity index (χ3n) is 3.94. The molecule has 1 aromatic carbocycles. The molecule has 1 aromatic heterocycles. The standard InChI is InChI=1S/C15H20N4O/c20-10-13-5-3-12(4-6-13)8-19-7-1-2-14(9-19)15-16-11-17-18-15/h3-6,11,14,20H,1-2,7-10H2,(H,16,17,18). The van der Waals surface area contributed by atoms with Crippen LogP contribution in [0.2, 0.25) is 0 Å². The Kier molecular flexibility index (Phi) is 4.08. The summed E-state index contributed by atoms with van der Waals surface area (Å²) in [5.74, 6) is 1.47. The Hall–Kier alpha value is -1.72. The number of hydrogen-bond acceptors (Lipinski definition) is 4. The van der Waals surface area contributed by atoms with E-state index in [2.05, 4.69) is 32.2 Å². The van der Waals surface area contributed by atoms with Crippen LogP contribution in [0.3, 0.4) is 0 Å². The first-order valence-corrected chi connectivity index (χ1v) is 7.11. The van der Waals surface area contributed by atoms with Crippen LogP contribution in [-0.2, 0) is 13.2 Å². The Morgan fingerprint density at radius 1 is 1.25 bits per heavy atom. The van der Waals surface area contributed by atoms with Crippen LogP contribution in [0.15, 0.2) is 30.6 Å². The fraction of sp³-hybridized carbons (Fsp3) is 0.467. The highest BCUT2D eigenvalue weighted by Crippen LogP contribution is 2.25. The van der Waals surface area contributed by atoms with Crippen molar-refractivity contribution in [1.29, 1.82) is 0 Å². The molecule has 0 radical (unpaired) electrons. The van der Waals surface area contributed by atoms with Gasteiger partial charge in [-0.2, -0.15) is 5.10 Å². The summed E-state index contributed by atoms with van der Waals surface area (Å²) in [5, 5.41) is 16.0. The second-order valence-electron chi connectivity index (χ2n) is 5.42. The molecule has 1 atom stereocenters. The average molecular weight is 272 g/mol. The Bertz CT molecular complexity index is 523. The largest absolute Gasteiger partial charge is 0.392 e. The lowest BCUT2D eigenvalue weighted by molar-refractivity contribution is 0.196. The summed E-state index contributed by atoms with van der Waals surface area (Å²) in [5.41, 5.74) is 2.26. The average Bonchev–Trinajstić information content (AvgIpc) is 3.03. The van der Waals surface area contributed by atoms with Gasteiger partial charge in [0.1, 0.15) is 12.2 Å². The molecule has 0 bridgehead atoms. The first-order valence-electron chi connectivity index (χ1n) is 7.11. The molecule has 0 aliphatic carbocycles. The summed E-state index contributed by atoms with van der Waals surface area (Å²) in [6.07, 6.45) is 3.96. The van der Waals surface area contributed by atoms with Crippen molar-refractivity contribution in [3.05, 3.63) is 47.5 Å². The summed E-state index contributed by atoms with van der Waals surface area (Å²) in [7, 11) is 0. The van der Waals surface area contributed by atoms with Gasteiger partial charge in [-0.3, -0.25) is 10.00 Å². The zero-order chi connectivity index (χ0) is 13.8. The molecule has 1 aliphatic heterocycles. The fourth-order valence-corrected chi connectivity index (χ4v) is 2.84. The molecule has 0 spiro atoms. The highest BCUT2D eigenvalue weighted by atomic mass is 16.3. The van der Waals surface area contributed by atoms with Gasteiger partial charge in [-0.25, -0.2) is 4.98 Å². The number of nitrogens with one attached hydrogen (secondary N) is 1. The molecule has 0 saturated carbocycles. The van der Waals surface area contributed by atoms with Crippen LogP contribution in [0.1, 0.15) is 35.7 Å². The Morgan fingerprint density at radius 2 is 2.05 bits per heavy atom. The van der Waals surface area contributed by atoms with Gasteiger partial charge in [-0.1, -0.05) is 24.3 Å². The van der Waals surface area contributed by atoms with Crippen molar-refractivity contribution in [3.63, 3.8) is 0 Å². The molecule has 106 valence electrons. The Balaban J connectivity index is 1.62. The first kappa shape index (κ1) is 13.3. The van der Waals surface area contributed by atoms with Gasteiger partial charge in [-0.15, -0.1) is 0 Å². The van der Waals surface area contributed by atoms with Crippen molar-refractivity contribution in [2.24, 2.45) is 0 Å². The lowest BCUT2D eigenvalue weighted by Crippen LogP contribution is -2.34. The fourth-order valence-electron chi connectivity index (χ4n) is 2.84. The minimum absolute atomic E-state index is 0.109. The molecule has 0 amide bonds. The zero-order valence-corrected chi connectivity index (χ0v) is 11.5. The number of piperidine rings is 1. The van der Waals surface area contributed by atoms with Gasteiger partial charge in [0.15, 0.2) is 0 Å². The van der Waals surface area contributed by atoms with Crippen molar-refractivity contribution in [3.8, 4) is 0 Å². The lowest BCUT2D eigenvalue weighted by Gasteiger charge is -2.31. The molecule has 5 nitrogen and oxygen atoms in total. The topological polar surface area (TPSA) is 65.0 Å². The number of aliphatic hydroxyl groups excluding tert-OH is 1. The van der Waals surface area contributed by atoms with Gasteiger partial charge >= 0.3 is 0 Å². The molecule has 1 unspecified atom stereocenters. The minimum atomic E-state index is 0.109. The number of likely N-dealkylation sites (tertiary alicyclic amines) is 1. The van der Waals surface area contributed by atoms with Crippen LogP contribution >= 0.6 is 0 Å². The van der Waals surface area contributed by atoms with E-state index < -0.39 is 0 Å². The Labute approximate surface area is 118 Å². The monoisotopic (exact) mass is 272 g/mol. The summed E-state index contributed by atoms with van der Waals surface area (Å²) >= 11 is 0. The van der Waals surface area contributed by atoms with E-state index in [1.165, 1.54) is 18.4 Å². The van der Waals surface area contributed by atoms with Crippen LogP contribution in [0, 0.1) is 0 Å². The molecule has 20 heavy (non-hydrogen) atoms. The molecule has 1 fully saturated rings. The maximum atomic E-state index is 9.06. The van der Waals surface area contributed by atoms with Gasteiger partial charge in [0, 0.05) is 19.0 Å². The van der Waals surface area contributed by atoms with E-state index in [1.54, 1.807) is 6.33 Å². The molecular weight excluding hydrogens is 252 g/mol. The lowest BCUT2D eigenvalue weighted by atomic mass is 9.97. The predicted molar refractivity (Wildman–Crippen MR) is 76.0 cm³/mol. The molecule has 3 rings (SSSR count). The van der Waals surface area contributed by atoms with Crippen molar-refractivity contribution < 1.29 is 5.11 Å².